The molecule has 1 aromatic rings. The van der Waals surface area contributed by atoms with Crippen molar-refractivity contribution >= 4 is 5.91 Å². The van der Waals surface area contributed by atoms with Gasteiger partial charge in [0.15, 0.2) is 0 Å². The van der Waals surface area contributed by atoms with E-state index in [-0.39, 0.29) is 18.0 Å². The van der Waals surface area contributed by atoms with Gasteiger partial charge in [0, 0.05) is 26.1 Å². The first kappa shape index (κ1) is 14.0. The highest BCUT2D eigenvalue weighted by Crippen LogP contribution is 2.32. The average Bonchev–Trinajstić information content (AvgIpc) is 2.42. The quantitative estimate of drug-likeness (QED) is 0.901. The second-order valence-corrected chi connectivity index (χ2v) is 4.96. The number of carbonyl (C=O) groups excluding carboxylic acids is 1. The molecule has 1 aliphatic rings. The number of nitrogens with zero attached hydrogens (tertiary/aromatic N) is 1. The molecule has 1 amide bonds. The molecule has 1 saturated heterocycles. The Morgan fingerprint density at radius 2 is 2.16 bits per heavy atom. The fourth-order valence-corrected chi connectivity index (χ4v) is 2.86. The molecule has 0 aliphatic carbocycles. The van der Waals surface area contributed by atoms with Crippen LogP contribution in [0.3, 0.4) is 0 Å². The van der Waals surface area contributed by atoms with E-state index in [1.54, 1.807) is 7.11 Å². The lowest BCUT2D eigenvalue weighted by Crippen LogP contribution is -2.49. The van der Waals surface area contributed by atoms with Gasteiger partial charge in [0.2, 0.25) is 5.91 Å². The summed E-state index contributed by atoms with van der Waals surface area (Å²) < 4.78 is 5.25. The summed E-state index contributed by atoms with van der Waals surface area (Å²) in [6, 6.07) is 8.05. The Balaban J connectivity index is 2.39. The van der Waals surface area contributed by atoms with Gasteiger partial charge in [-0.25, -0.2) is 0 Å². The number of piperidine rings is 1. The molecule has 0 bridgehead atoms. The van der Waals surface area contributed by atoms with Gasteiger partial charge in [-0.15, -0.1) is 0 Å². The maximum absolute atomic E-state index is 12.1. The van der Waals surface area contributed by atoms with Gasteiger partial charge in [-0.2, -0.15) is 0 Å². The first-order valence-electron chi connectivity index (χ1n) is 6.80. The molecule has 1 aliphatic heterocycles. The molecule has 2 atom stereocenters. The molecule has 2 unspecified atom stereocenters. The van der Waals surface area contributed by atoms with E-state index in [0.717, 1.165) is 17.5 Å². The molecule has 0 saturated carbocycles. The summed E-state index contributed by atoms with van der Waals surface area (Å²) in [5.41, 5.74) is 8.50. The Labute approximate surface area is 114 Å². The zero-order chi connectivity index (χ0) is 13.8. The topological polar surface area (TPSA) is 55.6 Å². The number of rotatable bonds is 4. The number of hydrogen-bond donors (Lipinski definition) is 1. The number of carbonyl (C=O) groups is 1. The minimum absolute atomic E-state index is 0.00402. The molecule has 2 N–H and O–H groups in total. The average molecular weight is 262 g/mol. The molecule has 1 fully saturated rings. The van der Waals surface area contributed by atoms with Crippen LogP contribution in [-0.4, -0.2) is 30.5 Å². The largest absolute Gasteiger partial charge is 0.380 e. The second kappa shape index (κ2) is 6.17. The van der Waals surface area contributed by atoms with Crippen LogP contribution in [0.2, 0.25) is 0 Å². The molecule has 19 heavy (non-hydrogen) atoms. The number of benzene rings is 1. The normalized spacial score (nSPS) is 23.7. The lowest BCUT2D eigenvalue weighted by atomic mass is 9.88. The lowest BCUT2D eigenvalue weighted by molar-refractivity contribution is -0.137. The van der Waals surface area contributed by atoms with Crippen LogP contribution in [0, 0.1) is 0 Å². The standard InChI is InChI=1S/C15H22N2O2/c1-3-17-14(18)9-8-13(16)15(17)12-7-5-4-6-11(12)10-19-2/h4-7,13,15H,3,8-10,16H2,1-2H3. The van der Waals surface area contributed by atoms with Gasteiger partial charge in [0.1, 0.15) is 0 Å². The first-order valence-corrected chi connectivity index (χ1v) is 6.80. The molecular weight excluding hydrogens is 240 g/mol. The Morgan fingerprint density at radius 1 is 1.42 bits per heavy atom. The predicted octanol–water partition coefficient (Wildman–Crippen LogP) is 1.84. The summed E-state index contributed by atoms with van der Waals surface area (Å²) in [6.07, 6.45) is 1.30. The van der Waals surface area contributed by atoms with E-state index >= 15 is 0 Å². The number of hydrogen-bond acceptors (Lipinski definition) is 3. The van der Waals surface area contributed by atoms with Gasteiger partial charge in [-0.1, -0.05) is 24.3 Å². The van der Waals surface area contributed by atoms with E-state index in [0.29, 0.717) is 19.6 Å². The Bertz CT molecular complexity index is 448. The molecule has 0 radical (unpaired) electrons. The Kier molecular flexibility index (Phi) is 4.56. The van der Waals surface area contributed by atoms with Gasteiger partial charge in [-0.3, -0.25) is 4.79 Å². The van der Waals surface area contributed by atoms with E-state index in [2.05, 4.69) is 6.07 Å². The fourth-order valence-electron chi connectivity index (χ4n) is 2.86. The molecule has 0 aromatic heterocycles. The molecular formula is C15H22N2O2. The van der Waals surface area contributed by atoms with Crippen LogP contribution in [-0.2, 0) is 16.1 Å². The van der Waals surface area contributed by atoms with Crippen molar-refractivity contribution in [1.82, 2.24) is 4.90 Å². The van der Waals surface area contributed by atoms with E-state index in [1.165, 1.54) is 0 Å². The highest BCUT2D eigenvalue weighted by Gasteiger charge is 2.34. The molecule has 0 spiro atoms. The van der Waals surface area contributed by atoms with Gasteiger partial charge in [0.05, 0.1) is 12.6 Å². The maximum Gasteiger partial charge on any atom is 0.223 e. The maximum atomic E-state index is 12.1. The van der Waals surface area contributed by atoms with Gasteiger partial charge in [-0.05, 0) is 24.5 Å². The summed E-state index contributed by atoms with van der Waals surface area (Å²) in [7, 11) is 1.68. The molecule has 104 valence electrons. The van der Waals surface area contributed by atoms with Crippen molar-refractivity contribution in [2.75, 3.05) is 13.7 Å². The summed E-state index contributed by atoms with van der Waals surface area (Å²) in [5, 5.41) is 0. The predicted molar refractivity (Wildman–Crippen MR) is 74.5 cm³/mol. The van der Waals surface area contributed by atoms with Crippen molar-refractivity contribution in [1.29, 1.82) is 0 Å². The third-order valence-corrected chi connectivity index (χ3v) is 3.77. The van der Waals surface area contributed by atoms with Crippen LogP contribution in [0.5, 0.6) is 0 Å². The van der Waals surface area contributed by atoms with Crippen LogP contribution in [0.1, 0.15) is 36.9 Å². The third-order valence-electron chi connectivity index (χ3n) is 3.77. The minimum Gasteiger partial charge on any atom is -0.380 e. The van der Waals surface area contributed by atoms with Gasteiger partial charge in [0.25, 0.3) is 0 Å². The highest BCUT2D eigenvalue weighted by molar-refractivity contribution is 5.78. The smallest absolute Gasteiger partial charge is 0.223 e. The lowest BCUT2D eigenvalue weighted by Gasteiger charge is -2.40. The second-order valence-electron chi connectivity index (χ2n) is 4.96. The summed E-state index contributed by atoms with van der Waals surface area (Å²) in [4.78, 5) is 14.0. The zero-order valence-electron chi connectivity index (χ0n) is 11.6. The van der Waals surface area contributed by atoms with Crippen molar-refractivity contribution in [3.05, 3.63) is 35.4 Å². The van der Waals surface area contributed by atoms with Crippen LogP contribution in [0.25, 0.3) is 0 Å². The van der Waals surface area contributed by atoms with Crippen LogP contribution < -0.4 is 5.73 Å². The first-order chi connectivity index (χ1) is 9.19. The van der Waals surface area contributed by atoms with Crippen molar-refractivity contribution < 1.29 is 9.53 Å². The fraction of sp³-hybridized carbons (Fsp3) is 0.533. The summed E-state index contributed by atoms with van der Waals surface area (Å²) in [6.45, 7) is 3.24. The number of likely N-dealkylation sites (tertiary alicyclic amines) is 1. The van der Waals surface area contributed by atoms with Crippen molar-refractivity contribution in [2.45, 2.75) is 38.5 Å². The van der Waals surface area contributed by atoms with Crippen LogP contribution >= 0.6 is 0 Å². The van der Waals surface area contributed by atoms with Gasteiger partial charge >= 0.3 is 0 Å². The number of likely N-dealkylation sites (N-methyl/N-ethyl adjacent to an activating group) is 1. The minimum atomic E-state index is -0.0300. The third kappa shape index (κ3) is 2.80. The summed E-state index contributed by atoms with van der Waals surface area (Å²) >= 11 is 0. The van der Waals surface area contributed by atoms with Crippen molar-refractivity contribution in [3.8, 4) is 0 Å². The number of ether oxygens (including phenoxy) is 1. The highest BCUT2D eigenvalue weighted by atomic mass is 16.5. The summed E-state index contributed by atoms with van der Waals surface area (Å²) in [5.74, 6) is 0.196. The van der Waals surface area contributed by atoms with Crippen molar-refractivity contribution in [2.24, 2.45) is 5.73 Å². The monoisotopic (exact) mass is 262 g/mol. The Morgan fingerprint density at radius 3 is 2.84 bits per heavy atom. The molecule has 2 rings (SSSR count). The number of methoxy groups -OCH3 is 1. The molecule has 1 heterocycles. The van der Waals surface area contributed by atoms with E-state index < -0.39 is 0 Å². The molecule has 1 aromatic carbocycles. The van der Waals surface area contributed by atoms with Crippen LogP contribution in [0.15, 0.2) is 24.3 Å². The Hall–Kier alpha value is -1.39. The van der Waals surface area contributed by atoms with E-state index in [4.69, 9.17) is 10.5 Å². The molecule has 4 nitrogen and oxygen atoms in total. The van der Waals surface area contributed by atoms with Gasteiger partial charge < -0.3 is 15.4 Å². The SMILES string of the molecule is CCN1C(=O)CCC(N)C1c1ccccc1COC. The molecule has 4 heteroatoms. The van der Waals surface area contributed by atoms with E-state index in [1.807, 2.05) is 30.0 Å². The van der Waals surface area contributed by atoms with Crippen molar-refractivity contribution in [3.63, 3.8) is 0 Å². The number of amides is 1. The van der Waals surface area contributed by atoms with Crippen LogP contribution in [0.4, 0.5) is 0 Å². The number of nitrogens with two attached hydrogens (primary N) is 1. The van der Waals surface area contributed by atoms with E-state index in [9.17, 15) is 4.79 Å². The zero-order valence-corrected chi connectivity index (χ0v) is 11.6.